The van der Waals surface area contributed by atoms with Gasteiger partial charge >= 0.3 is 5.97 Å². The van der Waals surface area contributed by atoms with Crippen LogP contribution < -0.4 is 4.74 Å². The minimum Gasteiger partial charge on any atom is -0.402 e. The number of carbonyl (C=O) groups is 1. The van der Waals surface area contributed by atoms with Gasteiger partial charge in [0.2, 0.25) is 5.88 Å². The van der Waals surface area contributed by atoms with Gasteiger partial charge in [0.25, 0.3) is 0 Å². The van der Waals surface area contributed by atoms with Crippen LogP contribution in [0, 0.1) is 0 Å². The van der Waals surface area contributed by atoms with Gasteiger partial charge in [-0.25, -0.2) is 4.79 Å². The van der Waals surface area contributed by atoms with E-state index in [4.69, 9.17) is 4.74 Å². The molecule has 4 nitrogen and oxygen atoms in total. The van der Waals surface area contributed by atoms with Crippen molar-refractivity contribution in [3.8, 4) is 5.88 Å². The van der Waals surface area contributed by atoms with Crippen LogP contribution in [-0.4, -0.2) is 15.7 Å². The molecule has 0 amide bonds. The third kappa shape index (κ3) is 5.52. The highest BCUT2D eigenvalue weighted by Gasteiger charge is 2.13. The van der Waals surface area contributed by atoms with E-state index in [1.54, 1.807) is 12.1 Å². The fourth-order valence-corrected chi connectivity index (χ4v) is 2.67. The molecule has 0 N–H and O–H groups in total. The Hall–Kier alpha value is -2.10. The van der Waals surface area contributed by atoms with E-state index < -0.39 is 0 Å². The summed E-state index contributed by atoms with van der Waals surface area (Å²) in [5.41, 5.74) is 1.71. The molecule has 0 saturated heterocycles. The second-order valence-electron chi connectivity index (χ2n) is 6.12. The van der Waals surface area contributed by atoms with Crippen molar-refractivity contribution in [2.75, 3.05) is 0 Å². The summed E-state index contributed by atoms with van der Waals surface area (Å²) in [7, 11) is 0. The molecule has 1 aromatic heterocycles. The maximum Gasteiger partial charge on any atom is 0.344 e. The molecule has 1 heterocycles. The van der Waals surface area contributed by atoms with Crippen LogP contribution in [0.4, 0.5) is 0 Å². The summed E-state index contributed by atoms with van der Waals surface area (Å²) >= 11 is 0. The lowest BCUT2D eigenvalue weighted by Crippen LogP contribution is -2.09. The molecule has 2 rings (SSSR count). The quantitative estimate of drug-likeness (QED) is 0.454. The Morgan fingerprint density at radius 2 is 1.75 bits per heavy atom. The number of benzene rings is 1. The first-order valence-corrected chi connectivity index (χ1v) is 9.08. The molecule has 24 heavy (non-hydrogen) atoms. The van der Waals surface area contributed by atoms with Crippen molar-refractivity contribution in [2.24, 2.45) is 0 Å². The Morgan fingerprint density at radius 3 is 2.46 bits per heavy atom. The Balaban J connectivity index is 2.05. The summed E-state index contributed by atoms with van der Waals surface area (Å²) in [5, 5.41) is 4.50. The smallest absolute Gasteiger partial charge is 0.344 e. The molecule has 4 heteroatoms. The van der Waals surface area contributed by atoms with Crippen LogP contribution in [0.1, 0.15) is 68.4 Å². The largest absolute Gasteiger partial charge is 0.402 e. The average molecular weight is 328 g/mol. The third-order valence-electron chi connectivity index (χ3n) is 4.06. The van der Waals surface area contributed by atoms with Gasteiger partial charge in [-0.05, 0) is 31.4 Å². The van der Waals surface area contributed by atoms with E-state index >= 15 is 0 Å². The van der Waals surface area contributed by atoms with Crippen LogP contribution in [0.3, 0.4) is 0 Å². The highest BCUT2D eigenvalue weighted by molar-refractivity contribution is 5.90. The minimum atomic E-state index is -0.353. The molecule has 0 bridgehead atoms. The molecular formula is C20H28N2O2. The van der Waals surface area contributed by atoms with E-state index in [0.717, 1.165) is 31.5 Å². The fraction of sp³-hybridized carbons (Fsp3) is 0.500. The van der Waals surface area contributed by atoms with Gasteiger partial charge in [0.05, 0.1) is 5.56 Å². The van der Waals surface area contributed by atoms with Crippen LogP contribution in [0.25, 0.3) is 0 Å². The van der Waals surface area contributed by atoms with Gasteiger partial charge in [0, 0.05) is 18.3 Å². The Morgan fingerprint density at radius 1 is 1.04 bits per heavy atom. The van der Waals surface area contributed by atoms with Crippen LogP contribution >= 0.6 is 0 Å². The zero-order chi connectivity index (χ0) is 17.2. The monoisotopic (exact) mass is 328 g/mol. The van der Waals surface area contributed by atoms with Gasteiger partial charge in [-0.3, -0.25) is 4.68 Å². The van der Waals surface area contributed by atoms with Gasteiger partial charge in [-0.15, -0.1) is 5.10 Å². The predicted molar refractivity (Wildman–Crippen MR) is 96.4 cm³/mol. The highest BCUT2D eigenvalue weighted by atomic mass is 16.5. The summed E-state index contributed by atoms with van der Waals surface area (Å²) in [6.07, 6.45) is 8.00. The lowest BCUT2D eigenvalue weighted by molar-refractivity contribution is 0.0726. The van der Waals surface area contributed by atoms with Gasteiger partial charge in [-0.2, -0.15) is 0 Å². The van der Waals surface area contributed by atoms with Gasteiger partial charge in [-0.1, -0.05) is 57.7 Å². The molecule has 0 atom stereocenters. The average Bonchev–Trinajstić information content (AvgIpc) is 2.98. The SMILES string of the molecule is CCCCCc1cc(OC(=O)c2ccccc2)nn1CCCCC. The topological polar surface area (TPSA) is 44.1 Å². The van der Waals surface area contributed by atoms with Crippen molar-refractivity contribution in [2.45, 2.75) is 65.3 Å². The van der Waals surface area contributed by atoms with E-state index in [2.05, 4.69) is 18.9 Å². The number of hydrogen-bond donors (Lipinski definition) is 0. The van der Waals surface area contributed by atoms with E-state index in [1.165, 1.54) is 25.7 Å². The molecule has 0 fully saturated rings. The first-order valence-electron chi connectivity index (χ1n) is 9.08. The second kappa shape index (κ2) is 9.91. The zero-order valence-electron chi connectivity index (χ0n) is 14.8. The highest BCUT2D eigenvalue weighted by Crippen LogP contribution is 2.17. The molecule has 0 aliphatic rings. The number of hydrogen-bond acceptors (Lipinski definition) is 3. The number of nitrogens with zero attached hydrogens (tertiary/aromatic N) is 2. The van der Waals surface area contributed by atoms with Gasteiger partial charge in [0.15, 0.2) is 0 Å². The number of unbranched alkanes of at least 4 members (excludes halogenated alkanes) is 4. The second-order valence-corrected chi connectivity index (χ2v) is 6.12. The molecule has 0 aliphatic heterocycles. The fourth-order valence-electron chi connectivity index (χ4n) is 2.67. The van der Waals surface area contributed by atoms with Gasteiger partial charge in [0.1, 0.15) is 0 Å². The number of rotatable bonds is 10. The van der Waals surface area contributed by atoms with Crippen LogP contribution in [-0.2, 0) is 13.0 Å². The zero-order valence-corrected chi connectivity index (χ0v) is 14.8. The molecule has 2 aromatic rings. The van der Waals surface area contributed by atoms with Crippen molar-refractivity contribution < 1.29 is 9.53 Å². The maximum atomic E-state index is 12.2. The van der Waals surface area contributed by atoms with E-state index in [1.807, 2.05) is 28.9 Å². The van der Waals surface area contributed by atoms with Crippen molar-refractivity contribution in [3.05, 3.63) is 47.7 Å². The van der Waals surface area contributed by atoms with E-state index in [-0.39, 0.29) is 5.97 Å². The first kappa shape index (κ1) is 18.2. The Bertz CT molecular complexity index is 592. The van der Waals surface area contributed by atoms with Crippen molar-refractivity contribution in [1.82, 2.24) is 9.78 Å². The lowest BCUT2D eigenvalue weighted by atomic mass is 10.1. The standard InChI is InChI=1S/C20H28N2O2/c1-3-5-8-14-18-16-19(21-22(18)15-11-6-4-2)24-20(23)17-12-9-7-10-13-17/h7,9-10,12-13,16H,3-6,8,11,14-15H2,1-2H3. The normalized spacial score (nSPS) is 10.8. The molecule has 0 saturated carbocycles. The Kier molecular flexibility index (Phi) is 7.53. The molecule has 130 valence electrons. The van der Waals surface area contributed by atoms with Crippen LogP contribution in [0.5, 0.6) is 5.88 Å². The first-order chi connectivity index (χ1) is 11.7. The molecule has 0 unspecified atom stereocenters. The predicted octanol–water partition coefficient (Wildman–Crippen LogP) is 5.03. The summed E-state index contributed by atoms with van der Waals surface area (Å²) in [5.74, 6) is 0.0563. The maximum absolute atomic E-state index is 12.2. The number of aryl methyl sites for hydroxylation is 2. The summed E-state index contributed by atoms with van der Waals surface area (Å²) in [6, 6.07) is 11.0. The Labute approximate surface area is 144 Å². The van der Waals surface area contributed by atoms with Crippen LogP contribution in [0.2, 0.25) is 0 Å². The van der Waals surface area contributed by atoms with Crippen molar-refractivity contribution in [1.29, 1.82) is 0 Å². The molecule has 0 spiro atoms. The molecular weight excluding hydrogens is 300 g/mol. The summed E-state index contributed by atoms with van der Waals surface area (Å²) in [6.45, 7) is 5.28. The lowest BCUT2D eigenvalue weighted by Gasteiger charge is -2.06. The third-order valence-corrected chi connectivity index (χ3v) is 4.06. The van der Waals surface area contributed by atoms with E-state index in [0.29, 0.717) is 11.4 Å². The minimum absolute atomic E-state index is 0.353. The van der Waals surface area contributed by atoms with E-state index in [9.17, 15) is 4.79 Å². The molecule has 0 aliphatic carbocycles. The number of carbonyl (C=O) groups excluding carboxylic acids is 1. The van der Waals surface area contributed by atoms with Crippen LogP contribution in [0.15, 0.2) is 36.4 Å². The number of ether oxygens (including phenoxy) is 1. The number of aromatic nitrogens is 2. The van der Waals surface area contributed by atoms with Crippen molar-refractivity contribution in [3.63, 3.8) is 0 Å². The number of esters is 1. The van der Waals surface area contributed by atoms with Crippen molar-refractivity contribution >= 4 is 5.97 Å². The van der Waals surface area contributed by atoms with Gasteiger partial charge < -0.3 is 4.74 Å². The molecule has 0 radical (unpaired) electrons. The summed E-state index contributed by atoms with van der Waals surface area (Å²) < 4.78 is 7.48. The summed E-state index contributed by atoms with van der Waals surface area (Å²) in [4.78, 5) is 12.2. The molecule has 1 aromatic carbocycles.